The van der Waals surface area contributed by atoms with Crippen molar-refractivity contribution in [1.29, 1.82) is 0 Å². The van der Waals surface area contributed by atoms with Crippen molar-refractivity contribution >= 4 is 35.1 Å². The van der Waals surface area contributed by atoms with Gasteiger partial charge in [-0.3, -0.25) is 9.36 Å². The quantitative estimate of drug-likeness (QED) is 0.531. The van der Waals surface area contributed by atoms with E-state index >= 15 is 0 Å². The SMILES string of the molecule is Cc1nn2c(ncc3c(=O)n([C@@H](CS)C(=O)O)ccc32)c1-c1ccccc1. The number of benzene rings is 1. The summed E-state index contributed by atoms with van der Waals surface area (Å²) in [6.07, 6.45) is 2.95. The molecule has 3 heterocycles. The molecular weight excluding hydrogens is 364 g/mol. The lowest BCUT2D eigenvalue weighted by molar-refractivity contribution is -0.140. The molecule has 1 aromatic carbocycles. The molecule has 0 radical (unpaired) electrons. The normalized spacial score (nSPS) is 12.5. The van der Waals surface area contributed by atoms with Gasteiger partial charge in [-0.25, -0.2) is 14.3 Å². The Labute approximate surface area is 159 Å². The van der Waals surface area contributed by atoms with Crippen molar-refractivity contribution in [2.45, 2.75) is 13.0 Å². The van der Waals surface area contributed by atoms with Gasteiger partial charge in [0.1, 0.15) is 6.04 Å². The number of aliphatic carboxylic acids is 1. The second kappa shape index (κ2) is 6.55. The zero-order valence-corrected chi connectivity index (χ0v) is 15.3. The third-order valence-corrected chi connectivity index (χ3v) is 4.92. The second-order valence-corrected chi connectivity index (χ2v) is 6.55. The second-order valence-electron chi connectivity index (χ2n) is 6.18. The Morgan fingerprint density at radius 1 is 1.26 bits per heavy atom. The van der Waals surface area contributed by atoms with E-state index in [1.807, 2.05) is 37.3 Å². The summed E-state index contributed by atoms with van der Waals surface area (Å²) in [5.74, 6) is -1.10. The van der Waals surface area contributed by atoms with Gasteiger partial charge in [0, 0.05) is 23.7 Å². The number of hydrogen-bond donors (Lipinski definition) is 2. The smallest absolute Gasteiger partial charge is 0.327 e. The molecule has 0 amide bonds. The monoisotopic (exact) mass is 380 g/mol. The highest BCUT2D eigenvalue weighted by molar-refractivity contribution is 7.80. The van der Waals surface area contributed by atoms with E-state index in [1.165, 1.54) is 17.0 Å². The predicted octanol–water partition coefficient (Wildman–Crippen LogP) is 2.58. The molecule has 4 aromatic rings. The van der Waals surface area contributed by atoms with Gasteiger partial charge in [-0.1, -0.05) is 30.3 Å². The summed E-state index contributed by atoms with van der Waals surface area (Å²) in [7, 11) is 0. The standard InChI is InChI=1S/C19H16N4O3S/c1-11-16(12-5-3-2-4-6-12)17-20-9-13-14(23(17)21-11)7-8-22(18(13)24)15(10-27)19(25)26/h2-9,15,27H,10H2,1H3,(H,25,26)/t15-/m0/s1. The average molecular weight is 380 g/mol. The van der Waals surface area contributed by atoms with E-state index in [4.69, 9.17) is 0 Å². The molecule has 4 rings (SSSR count). The fourth-order valence-electron chi connectivity index (χ4n) is 3.26. The van der Waals surface area contributed by atoms with Gasteiger partial charge in [0.2, 0.25) is 0 Å². The van der Waals surface area contributed by atoms with Crippen LogP contribution in [0.15, 0.2) is 53.6 Å². The number of carboxylic acid groups (broad SMARTS) is 1. The summed E-state index contributed by atoms with van der Waals surface area (Å²) < 4.78 is 2.80. The molecule has 1 atom stereocenters. The van der Waals surface area contributed by atoms with Crippen LogP contribution < -0.4 is 5.56 Å². The summed E-state index contributed by atoms with van der Waals surface area (Å²) >= 11 is 4.05. The van der Waals surface area contributed by atoms with Gasteiger partial charge >= 0.3 is 5.97 Å². The number of rotatable bonds is 4. The summed E-state index contributed by atoms with van der Waals surface area (Å²) in [5, 5.41) is 14.2. The van der Waals surface area contributed by atoms with Crippen LogP contribution in [0.25, 0.3) is 27.7 Å². The zero-order valence-electron chi connectivity index (χ0n) is 14.4. The molecule has 0 fully saturated rings. The zero-order chi connectivity index (χ0) is 19.1. The lowest BCUT2D eigenvalue weighted by atomic mass is 10.1. The fraction of sp³-hybridized carbons (Fsp3) is 0.158. The number of thiol groups is 1. The molecule has 3 aromatic heterocycles. The highest BCUT2D eigenvalue weighted by Crippen LogP contribution is 2.28. The van der Waals surface area contributed by atoms with Crippen LogP contribution in [0.1, 0.15) is 11.7 Å². The molecule has 7 nitrogen and oxygen atoms in total. The van der Waals surface area contributed by atoms with Gasteiger partial charge in [0.15, 0.2) is 5.65 Å². The Hall–Kier alpha value is -3.13. The van der Waals surface area contributed by atoms with Crippen LogP contribution in [0.5, 0.6) is 0 Å². The van der Waals surface area contributed by atoms with Crippen LogP contribution >= 0.6 is 12.6 Å². The van der Waals surface area contributed by atoms with Crippen LogP contribution in [0.3, 0.4) is 0 Å². The molecule has 8 heteroatoms. The maximum atomic E-state index is 12.8. The molecule has 0 aliphatic heterocycles. The number of fused-ring (bicyclic) bond motifs is 3. The maximum absolute atomic E-state index is 12.8. The summed E-state index contributed by atoms with van der Waals surface area (Å²) in [4.78, 5) is 28.7. The maximum Gasteiger partial charge on any atom is 0.327 e. The molecule has 0 bridgehead atoms. The van der Waals surface area contributed by atoms with Crippen LogP contribution in [-0.2, 0) is 4.79 Å². The van der Waals surface area contributed by atoms with Gasteiger partial charge in [-0.05, 0) is 18.6 Å². The molecule has 0 aliphatic carbocycles. The topological polar surface area (TPSA) is 89.5 Å². The van der Waals surface area contributed by atoms with E-state index < -0.39 is 17.6 Å². The lowest BCUT2D eigenvalue weighted by Gasteiger charge is -2.14. The number of carboxylic acids is 1. The highest BCUT2D eigenvalue weighted by atomic mass is 32.1. The van der Waals surface area contributed by atoms with Crippen molar-refractivity contribution in [3.8, 4) is 11.1 Å². The van der Waals surface area contributed by atoms with E-state index in [2.05, 4.69) is 22.7 Å². The van der Waals surface area contributed by atoms with Gasteiger partial charge in [-0.2, -0.15) is 17.7 Å². The minimum absolute atomic E-state index is 0.00938. The van der Waals surface area contributed by atoms with Crippen molar-refractivity contribution < 1.29 is 9.90 Å². The van der Waals surface area contributed by atoms with E-state index in [0.29, 0.717) is 16.6 Å². The van der Waals surface area contributed by atoms with Gasteiger partial charge in [0.25, 0.3) is 5.56 Å². The number of pyridine rings is 1. The molecular formula is C19H16N4O3S. The Kier molecular flexibility index (Phi) is 4.19. The minimum atomic E-state index is -1.11. The van der Waals surface area contributed by atoms with Gasteiger partial charge < -0.3 is 5.11 Å². The Balaban J connectivity index is 2.00. The molecule has 1 N–H and O–H groups in total. The first-order valence-electron chi connectivity index (χ1n) is 8.31. The van der Waals surface area contributed by atoms with Crippen LogP contribution in [0, 0.1) is 6.92 Å². The summed E-state index contributed by atoms with van der Waals surface area (Å²) in [6.45, 7) is 1.89. The first-order valence-corrected chi connectivity index (χ1v) is 8.94. The third-order valence-electron chi connectivity index (χ3n) is 4.57. The Bertz CT molecular complexity index is 1230. The van der Waals surface area contributed by atoms with Crippen molar-refractivity contribution in [3.63, 3.8) is 0 Å². The molecule has 0 spiro atoms. The number of carbonyl (C=O) groups is 1. The van der Waals surface area contributed by atoms with E-state index in [1.54, 1.807) is 10.6 Å². The molecule has 0 saturated carbocycles. The van der Waals surface area contributed by atoms with Crippen molar-refractivity contribution in [2.75, 3.05) is 5.75 Å². The van der Waals surface area contributed by atoms with E-state index in [0.717, 1.165) is 16.8 Å². The highest BCUT2D eigenvalue weighted by Gasteiger charge is 2.21. The summed E-state index contributed by atoms with van der Waals surface area (Å²) in [5.41, 5.74) is 3.48. The van der Waals surface area contributed by atoms with Gasteiger partial charge in [-0.15, -0.1) is 0 Å². The average Bonchev–Trinajstić information content (AvgIpc) is 3.00. The molecule has 0 saturated heterocycles. The molecule has 27 heavy (non-hydrogen) atoms. The lowest BCUT2D eigenvalue weighted by Crippen LogP contribution is -2.31. The number of aromatic nitrogens is 4. The number of aryl methyl sites for hydroxylation is 1. The Morgan fingerprint density at radius 3 is 2.67 bits per heavy atom. The largest absolute Gasteiger partial charge is 0.480 e. The Morgan fingerprint density at radius 2 is 2.00 bits per heavy atom. The van der Waals surface area contributed by atoms with Crippen molar-refractivity contribution in [2.24, 2.45) is 0 Å². The predicted molar refractivity (Wildman–Crippen MR) is 105 cm³/mol. The first kappa shape index (κ1) is 17.3. The van der Waals surface area contributed by atoms with E-state index in [9.17, 15) is 14.7 Å². The third kappa shape index (κ3) is 2.69. The molecule has 0 unspecified atom stereocenters. The minimum Gasteiger partial charge on any atom is -0.480 e. The van der Waals surface area contributed by atoms with E-state index in [-0.39, 0.29) is 5.75 Å². The number of nitrogens with zero attached hydrogens (tertiary/aromatic N) is 4. The fourth-order valence-corrected chi connectivity index (χ4v) is 3.60. The van der Waals surface area contributed by atoms with Gasteiger partial charge in [0.05, 0.1) is 16.6 Å². The van der Waals surface area contributed by atoms with Crippen molar-refractivity contribution in [1.82, 2.24) is 19.2 Å². The molecule has 0 aliphatic rings. The molecule has 136 valence electrons. The van der Waals surface area contributed by atoms with Crippen molar-refractivity contribution in [3.05, 3.63) is 64.8 Å². The van der Waals surface area contributed by atoms with Crippen LogP contribution in [0.4, 0.5) is 0 Å². The summed E-state index contributed by atoms with van der Waals surface area (Å²) in [6, 6.07) is 10.4. The van der Waals surface area contributed by atoms with Crippen LogP contribution in [-0.4, -0.2) is 36.0 Å². The first-order chi connectivity index (χ1) is 13.0. The van der Waals surface area contributed by atoms with Crippen LogP contribution in [0.2, 0.25) is 0 Å². The number of hydrogen-bond acceptors (Lipinski definition) is 5.